The van der Waals surface area contributed by atoms with Crippen molar-refractivity contribution in [3.05, 3.63) is 58.2 Å². The molecular weight excluding hydrogens is 276 g/mol. The number of rotatable bonds is 2. The minimum absolute atomic E-state index is 0.582. The van der Waals surface area contributed by atoms with Crippen molar-refractivity contribution in [1.82, 2.24) is 9.97 Å². The molecule has 2 aromatic rings. The van der Waals surface area contributed by atoms with E-state index in [1.165, 1.54) is 11.1 Å². The van der Waals surface area contributed by atoms with Gasteiger partial charge in [-0.3, -0.25) is 9.97 Å². The van der Waals surface area contributed by atoms with Crippen LogP contribution in [0.15, 0.2) is 24.5 Å². The van der Waals surface area contributed by atoms with Crippen molar-refractivity contribution < 1.29 is 4.79 Å². The third kappa shape index (κ3) is 6.56. The first-order valence-corrected chi connectivity index (χ1v) is 7.01. The monoisotopic (exact) mass is 302 g/mol. The molecule has 2 rings (SSSR count). The fourth-order valence-corrected chi connectivity index (χ4v) is 1.88. The molecule has 0 aliphatic rings. The second-order valence-corrected chi connectivity index (χ2v) is 4.91. The molecule has 2 aromatic heterocycles. The summed E-state index contributed by atoms with van der Waals surface area (Å²) in [7, 11) is 0. The zero-order chi connectivity index (χ0) is 17.1. The van der Waals surface area contributed by atoms with Gasteiger partial charge in [0.05, 0.1) is 0 Å². The van der Waals surface area contributed by atoms with E-state index >= 15 is 0 Å². The number of nitrogens with zero attached hydrogens (tertiary/aromatic N) is 2. The number of pyridine rings is 2. The molecule has 0 aliphatic carbocycles. The summed E-state index contributed by atoms with van der Waals surface area (Å²) in [5, 5.41) is 0. The molecule has 4 N–H and O–H groups in total. The van der Waals surface area contributed by atoms with Crippen molar-refractivity contribution in [1.29, 1.82) is 0 Å². The smallest absolute Gasteiger partial charge is 0.106 e. The maximum absolute atomic E-state index is 8.00. The minimum Gasteiger partial charge on any atom is -0.326 e. The number of hydrogen-bond donors (Lipinski definition) is 2. The van der Waals surface area contributed by atoms with E-state index in [4.69, 9.17) is 16.3 Å². The summed E-state index contributed by atoms with van der Waals surface area (Å²) in [6.45, 7) is 11.2. The number of hydrogen-bond acceptors (Lipinski definition) is 5. The van der Waals surface area contributed by atoms with Crippen molar-refractivity contribution >= 4 is 6.79 Å². The van der Waals surface area contributed by atoms with Crippen LogP contribution in [0.1, 0.15) is 33.6 Å². The average molecular weight is 302 g/mol. The van der Waals surface area contributed by atoms with Crippen LogP contribution >= 0.6 is 0 Å². The van der Waals surface area contributed by atoms with Crippen LogP contribution in [0, 0.1) is 27.7 Å². The Bertz CT molecular complexity index is 533. The van der Waals surface area contributed by atoms with Crippen LogP contribution in [-0.2, 0) is 17.9 Å². The van der Waals surface area contributed by atoms with E-state index in [0.717, 1.165) is 22.5 Å². The molecule has 2 heterocycles. The van der Waals surface area contributed by atoms with Gasteiger partial charge in [0.15, 0.2) is 0 Å². The molecule has 120 valence electrons. The normalized spacial score (nSPS) is 9.18. The van der Waals surface area contributed by atoms with Gasteiger partial charge in [0.1, 0.15) is 6.79 Å². The van der Waals surface area contributed by atoms with Crippen LogP contribution in [0.25, 0.3) is 0 Å². The highest BCUT2D eigenvalue weighted by molar-refractivity contribution is 5.24. The van der Waals surface area contributed by atoms with E-state index < -0.39 is 0 Å². The molecular formula is C17H26N4O. The van der Waals surface area contributed by atoms with Gasteiger partial charge < -0.3 is 16.3 Å². The zero-order valence-electron chi connectivity index (χ0n) is 13.9. The van der Waals surface area contributed by atoms with Gasteiger partial charge >= 0.3 is 0 Å². The summed E-state index contributed by atoms with van der Waals surface area (Å²) < 4.78 is 0. The number of aryl methyl sites for hydroxylation is 4. The summed E-state index contributed by atoms with van der Waals surface area (Å²) in [5.74, 6) is 0. The second-order valence-electron chi connectivity index (χ2n) is 4.91. The van der Waals surface area contributed by atoms with Crippen molar-refractivity contribution in [2.45, 2.75) is 40.8 Å². The van der Waals surface area contributed by atoms with Gasteiger partial charge in [-0.15, -0.1) is 0 Å². The van der Waals surface area contributed by atoms with Crippen LogP contribution < -0.4 is 11.5 Å². The fourth-order valence-electron chi connectivity index (χ4n) is 1.88. The van der Waals surface area contributed by atoms with Crippen molar-refractivity contribution in [3.63, 3.8) is 0 Å². The quantitative estimate of drug-likeness (QED) is 0.886. The van der Waals surface area contributed by atoms with E-state index in [0.29, 0.717) is 13.1 Å². The number of nitrogens with two attached hydrogens (primary N) is 2. The van der Waals surface area contributed by atoms with Crippen molar-refractivity contribution in [3.8, 4) is 0 Å². The number of aromatic nitrogens is 2. The van der Waals surface area contributed by atoms with E-state index in [1.807, 2.05) is 45.2 Å². The van der Waals surface area contributed by atoms with E-state index in [1.54, 1.807) is 0 Å². The van der Waals surface area contributed by atoms with E-state index in [2.05, 4.69) is 23.8 Å². The molecule has 0 unspecified atom stereocenters. The Kier molecular flexibility index (Phi) is 9.58. The molecule has 0 spiro atoms. The molecule has 5 heteroatoms. The highest BCUT2D eigenvalue weighted by Gasteiger charge is 1.95. The summed E-state index contributed by atoms with van der Waals surface area (Å²) in [5.41, 5.74) is 17.7. The molecule has 0 fully saturated rings. The van der Waals surface area contributed by atoms with Gasteiger partial charge in [0.25, 0.3) is 0 Å². The maximum Gasteiger partial charge on any atom is 0.106 e. The Balaban J connectivity index is 0.000000360. The highest BCUT2D eigenvalue weighted by atomic mass is 16.1. The first-order valence-electron chi connectivity index (χ1n) is 7.01. The average Bonchev–Trinajstić information content (AvgIpc) is 2.50. The van der Waals surface area contributed by atoms with Crippen molar-refractivity contribution in [2.75, 3.05) is 0 Å². The first-order chi connectivity index (χ1) is 10.5. The minimum atomic E-state index is 0.582. The first kappa shape index (κ1) is 19.9. The molecule has 5 nitrogen and oxygen atoms in total. The summed E-state index contributed by atoms with van der Waals surface area (Å²) in [4.78, 5) is 16.3. The lowest BCUT2D eigenvalue weighted by atomic mass is 10.1. The topological polar surface area (TPSA) is 94.9 Å². The summed E-state index contributed by atoms with van der Waals surface area (Å²) in [6, 6.07) is 4.09. The Hall–Kier alpha value is -2.11. The van der Waals surface area contributed by atoms with Crippen LogP contribution in [-0.4, -0.2) is 16.8 Å². The van der Waals surface area contributed by atoms with Gasteiger partial charge in [0.2, 0.25) is 0 Å². The molecule has 0 bridgehead atoms. The Morgan fingerprint density at radius 1 is 0.818 bits per heavy atom. The predicted octanol–water partition coefficient (Wildman–Crippen LogP) is 2.13. The van der Waals surface area contributed by atoms with Gasteiger partial charge in [-0.05, 0) is 62.1 Å². The third-order valence-electron chi connectivity index (χ3n) is 3.15. The molecule has 0 saturated heterocycles. The lowest BCUT2D eigenvalue weighted by molar-refractivity contribution is -0.0979. The molecule has 0 aliphatic heterocycles. The lowest BCUT2D eigenvalue weighted by Crippen LogP contribution is -2.00. The standard InChI is InChI=1S/2C8H12N2.CH2O/c2*1-6-3-7(2)10-5-8(6)4-9;1-2/h2*3,5H,4,9H2,1-2H3;1H2. The second kappa shape index (κ2) is 10.6. The summed E-state index contributed by atoms with van der Waals surface area (Å²) >= 11 is 0. The molecule has 0 saturated carbocycles. The number of carbonyl (C=O) groups excluding carboxylic acids is 1. The number of carbonyl (C=O) groups is 1. The predicted molar refractivity (Wildman–Crippen MR) is 90.3 cm³/mol. The van der Waals surface area contributed by atoms with Gasteiger partial charge in [0, 0.05) is 36.9 Å². The van der Waals surface area contributed by atoms with Crippen LogP contribution in [0.5, 0.6) is 0 Å². The Morgan fingerprint density at radius 3 is 1.36 bits per heavy atom. The Morgan fingerprint density at radius 2 is 1.14 bits per heavy atom. The van der Waals surface area contributed by atoms with Crippen LogP contribution in [0.4, 0.5) is 0 Å². The van der Waals surface area contributed by atoms with Gasteiger partial charge in [-0.1, -0.05) is 0 Å². The zero-order valence-corrected chi connectivity index (χ0v) is 13.9. The molecule has 0 amide bonds. The Labute approximate surface area is 132 Å². The molecule has 0 radical (unpaired) electrons. The van der Waals surface area contributed by atoms with Gasteiger partial charge in [-0.25, -0.2) is 0 Å². The van der Waals surface area contributed by atoms with Gasteiger partial charge in [-0.2, -0.15) is 0 Å². The van der Waals surface area contributed by atoms with Crippen LogP contribution in [0.2, 0.25) is 0 Å². The molecule has 0 aromatic carbocycles. The van der Waals surface area contributed by atoms with E-state index in [-0.39, 0.29) is 0 Å². The van der Waals surface area contributed by atoms with E-state index in [9.17, 15) is 0 Å². The summed E-state index contributed by atoms with van der Waals surface area (Å²) in [6.07, 6.45) is 3.68. The van der Waals surface area contributed by atoms with Crippen LogP contribution in [0.3, 0.4) is 0 Å². The fraction of sp³-hybridized carbons (Fsp3) is 0.353. The lowest BCUT2D eigenvalue weighted by Gasteiger charge is -2.01. The SMILES string of the molecule is C=O.Cc1cc(C)c(CN)cn1.Cc1cc(C)c(CN)cn1. The largest absolute Gasteiger partial charge is 0.326 e. The highest BCUT2D eigenvalue weighted by Crippen LogP contribution is 2.06. The van der Waals surface area contributed by atoms with Crippen molar-refractivity contribution in [2.24, 2.45) is 11.5 Å². The maximum atomic E-state index is 8.00. The molecule has 22 heavy (non-hydrogen) atoms. The molecule has 0 atom stereocenters. The third-order valence-corrected chi connectivity index (χ3v) is 3.15.